The highest BCUT2D eigenvalue weighted by Crippen LogP contribution is 2.33. The average Bonchev–Trinajstić information content (AvgIpc) is 3.04. The number of thioether (sulfide) groups is 1. The van der Waals surface area contributed by atoms with Crippen molar-refractivity contribution < 1.29 is 9.53 Å². The minimum atomic E-state index is -0.225. The molecule has 2 rings (SSSR count). The highest BCUT2D eigenvalue weighted by molar-refractivity contribution is 7.99. The second-order valence-corrected chi connectivity index (χ2v) is 8.81. The number of hydrogen-bond acceptors (Lipinski definition) is 5. The van der Waals surface area contributed by atoms with Gasteiger partial charge in [0.25, 0.3) is 0 Å². The smallest absolute Gasteiger partial charge is 0.239 e. The molecule has 2 fully saturated rings. The monoisotopic (exact) mass is 371 g/mol. The van der Waals surface area contributed by atoms with Crippen LogP contribution in [0.2, 0.25) is 0 Å². The largest absolute Gasteiger partial charge is 0.379 e. The van der Waals surface area contributed by atoms with Gasteiger partial charge in [-0.3, -0.25) is 14.7 Å². The number of nitrogens with zero attached hydrogens (tertiary/aromatic N) is 2. The summed E-state index contributed by atoms with van der Waals surface area (Å²) in [6, 6.07) is 0. The summed E-state index contributed by atoms with van der Waals surface area (Å²) >= 11 is 2.01. The Morgan fingerprint density at radius 3 is 2.56 bits per heavy atom. The van der Waals surface area contributed by atoms with E-state index in [0.29, 0.717) is 5.96 Å². The third-order valence-electron chi connectivity index (χ3n) is 4.50. The summed E-state index contributed by atoms with van der Waals surface area (Å²) in [5, 5.41) is 9.49. The molecule has 3 N–H and O–H groups in total. The van der Waals surface area contributed by atoms with Crippen LogP contribution in [0.15, 0.2) is 4.99 Å². The Labute approximate surface area is 155 Å². The number of ether oxygens (including phenoxy) is 1. The van der Waals surface area contributed by atoms with Crippen LogP contribution < -0.4 is 16.0 Å². The van der Waals surface area contributed by atoms with Crippen molar-refractivity contribution in [3.05, 3.63) is 0 Å². The quantitative estimate of drug-likeness (QED) is 0.476. The van der Waals surface area contributed by atoms with E-state index in [9.17, 15) is 4.79 Å². The lowest BCUT2D eigenvalue weighted by atomic mass is 9.95. The fourth-order valence-corrected chi connectivity index (χ4v) is 4.71. The van der Waals surface area contributed by atoms with Gasteiger partial charge in [0.05, 0.1) is 19.8 Å². The van der Waals surface area contributed by atoms with Crippen LogP contribution in [-0.4, -0.2) is 85.8 Å². The van der Waals surface area contributed by atoms with Gasteiger partial charge >= 0.3 is 0 Å². The van der Waals surface area contributed by atoms with Gasteiger partial charge in [0, 0.05) is 43.5 Å². The lowest BCUT2D eigenvalue weighted by Gasteiger charge is -2.43. The molecule has 2 heterocycles. The van der Waals surface area contributed by atoms with Gasteiger partial charge in [-0.05, 0) is 32.9 Å². The van der Waals surface area contributed by atoms with Crippen molar-refractivity contribution in [1.29, 1.82) is 0 Å². The summed E-state index contributed by atoms with van der Waals surface area (Å²) in [4.78, 5) is 18.8. The normalized spacial score (nSPS) is 25.7. The van der Waals surface area contributed by atoms with E-state index in [1.54, 1.807) is 7.05 Å². The van der Waals surface area contributed by atoms with Gasteiger partial charge in [0.15, 0.2) is 5.96 Å². The van der Waals surface area contributed by atoms with E-state index in [1.165, 1.54) is 12.2 Å². The van der Waals surface area contributed by atoms with E-state index >= 15 is 0 Å². The predicted octanol–water partition coefficient (Wildman–Crippen LogP) is 0.274. The van der Waals surface area contributed by atoms with Gasteiger partial charge in [-0.15, -0.1) is 0 Å². The van der Waals surface area contributed by atoms with Gasteiger partial charge in [-0.1, -0.05) is 0 Å². The molecule has 7 nitrogen and oxygen atoms in total. The lowest BCUT2D eigenvalue weighted by Crippen LogP contribution is -2.60. The average molecular weight is 372 g/mol. The van der Waals surface area contributed by atoms with Crippen molar-refractivity contribution in [2.45, 2.75) is 38.3 Å². The lowest BCUT2D eigenvalue weighted by molar-refractivity contribution is -0.121. The zero-order valence-electron chi connectivity index (χ0n) is 16.0. The van der Waals surface area contributed by atoms with Crippen LogP contribution in [0.5, 0.6) is 0 Å². The highest BCUT2D eigenvalue weighted by atomic mass is 32.2. The molecule has 0 aromatic heterocycles. The summed E-state index contributed by atoms with van der Waals surface area (Å²) in [6.07, 6.45) is 1.17. The summed E-state index contributed by atoms with van der Waals surface area (Å²) < 4.78 is 5.51. The molecule has 2 saturated heterocycles. The first-order valence-electron chi connectivity index (χ1n) is 9.01. The molecule has 0 aromatic rings. The van der Waals surface area contributed by atoms with Gasteiger partial charge in [0.2, 0.25) is 5.91 Å². The molecule has 1 atom stereocenters. The Bertz CT molecular complexity index is 466. The highest BCUT2D eigenvalue weighted by Gasteiger charge is 2.40. The standard InChI is InChI=1S/C17H33N5O2S/c1-16(2,3)21-14(23)11-19-15(18-4)20-12-17(5-10-25-13-17)22-6-8-24-9-7-22/h5-13H2,1-4H3,(H,21,23)(H2,18,19,20). The number of carbonyl (C=O) groups is 1. The van der Waals surface area contributed by atoms with Crippen LogP contribution in [0.3, 0.4) is 0 Å². The Morgan fingerprint density at radius 2 is 2.00 bits per heavy atom. The molecule has 2 aliphatic rings. The zero-order valence-corrected chi connectivity index (χ0v) is 16.8. The summed E-state index contributed by atoms with van der Waals surface area (Å²) in [5.74, 6) is 2.96. The Balaban J connectivity index is 1.84. The molecule has 2 aliphatic heterocycles. The van der Waals surface area contributed by atoms with E-state index in [-0.39, 0.29) is 23.5 Å². The van der Waals surface area contributed by atoms with Crippen LogP contribution in [0.4, 0.5) is 0 Å². The van der Waals surface area contributed by atoms with Crippen molar-refractivity contribution >= 4 is 23.6 Å². The molecular weight excluding hydrogens is 338 g/mol. The fraction of sp³-hybridized carbons (Fsp3) is 0.882. The topological polar surface area (TPSA) is 78.0 Å². The third-order valence-corrected chi connectivity index (χ3v) is 5.74. The molecule has 144 valence electrons. The van der Waals surface area contributed by atoms with Crippen LogP contribution in [-0.2, 0) is 9.53 Å². The number of carbonyl (C=O) groups excluding carboxylic acids is 1. The molecule has 0 aromatic carbocycles. The van der Waals surface area contributed by atoms with E-state index in [4.69, 9.17) is 4.74 Å². The van der Waals surface area contributed by atoms with E-state index in [2.05, 4.69) is 25.8 Å². The number of morpholine rings is 1. The number of nitrogens with one attached hydrogen (secondary N) is 3. The number of aliphatic imine (C=N–C) groups is 1. The number of guanidine groups is 1. The molecule has 0 bridgehead atoms. The van der Waals surface area contributed by atoms with Crippen LogP contribution in [0.25, 0.3) is 0 Å². The minimum Gasteiger partial charge on any atom is -0.379 e. The molecule has 0 saturated carbocycles. The molecule has 0 spiro atoms. The summed E-state index contributed by atoms with van der Waals surface area (Å²) in [6.45, 7) is 10.6. The maximum Gasteiger partial charge on any atom is 0.239 e. The van der Waals surface area contributed by atoms with Crippen molar-refractivity contribution in [3.63, 3.8) is 0 Å². The summed E-state index contributed by atoms with van der Waals surface area (Å²) in [7, 11) is 1.74. The number of amides is 1. The molecule has 8 heteroatoms. The first-order valence-corrected chi connectivity index (χ1v) is 10.2. The number of rotatable bonds is 5. The van der Waals surface area contributed by atoms with E-state index in [1.807, 2.05) is 32.5 Å². The Hall–Kier alpha value is -0.990. The van der Waals surface area contributed by atoms with Gasteiger partial charge < -0.3 is 20.7 Å². The fourth-order valence-electron chi connectivity index (χ4n) is 3.23. The van der Waals surface area contributed by atoms with Crippen molar-refractivity contribution in [2.24, 2.45) is 4.99 Å². The second-order valence-electron chi connectivity index (χ2n) is 7.70. The summed E-state index contributed by atoms with van der Waals surface area (Å²) in [5.41, 5.74) is -0.0725. The SMILES string of the molecule is CN=C(NCC(=O)NC(C)(C)C)NCC1(N2CCOCC2)CCSC1. The molecular formula is C17H33N5O2S. The van der Waals surface area contributed by atoms with E-state index in [0.717, 1.165) is 38.6 Å². The van der Waals surface area contributed by atoms with Crippen molar-refractivity contribution in [2.75, 3.05) is 57.9 Å². The Morgan fingerprint density at radius 1 is 1.28 bits per heavy atom. The molecule has 1 amide bonds. The molecule has 25 heavy (non-hydrogen) atoms. The predicted molar refractivity (Wildman–Crippen MR) is 104 cm³/mol. The number of hydrogen-bond donors (Lipinski definition) is 3. The van der Waals surface area contributed by atoms with Gasteiger partial charge in [-0.25, -0.2) is 0 Å². The minimum absolute atomic E-state index is 0.0326. The maximum atomic E-state index is 12.0. The van der Waals surface area contributed by atoms with Crippen LogP contribution in [0, 0.1) is 0 Å². The van der Waals surface area contributed by atoms with Gasteiger partial charge in [0.1, 0.15) is 0 Å². The molecule has 0 aliphatic carbocycles. The zero-order chi connectivity index (χ0) is 18.3. The van der Waals surface area contributed by atoms with Crippen LogP contribution >= 0.6 is 11.8 Å². The third kappa shape index (κ3) is 6.34. The first kappa shape index (κ1) is 20.3. The molecule has 1 unspecified atom stereocenters. The maximum absolute atomic E-state index is 12.0. The Kier molecular flexibility index (Phi) is 7.39. The van der Waals surface area contributed by atoms with Crippen LogP contribution in [0.1, 0.15) is 27.2 Å². The second kappa shape index (κ2) is 9.09. The first-order chi connectivity index (χ1) is 11.8. The van der Waals surface area contributed by atoms with Crippen molar-refractivity contribution in [1.82, 2.24) is 20.9 Å². The van der Waals surface area contributed by atoms with E-state index < -0.39 is 0 Å². The van der Waals surface area contributed by atoms with Gasteiger partial charge in [-0.2, -0.15) is 11.8 Å². The molecule has 0 radical (unpaired) electrons. The van der Waals surface area contributed by atoms with Crippen molar-refractivity contribution in [3.8, 4) is 0 Å².